The van der Waals surface area contributed by atoms with Crippen LogP contribution in [0.5, 0.6) is 0 Å². The molecule has 2 aliphatic heterocycles. The summed E-state index contributed by atoms with van der Waals surface area (Å²) < 4.78 is 5.22. The minimum Gasteiger partial charge on any atom is -0.462 e. The van der Waals surface area contributed by atoms with Crippen LogP contribution in [0.3, 0.4) is 0 Å². The van der Waals surface area contributed by atoms with E-state index in [1.54, 1.807) is 0 Å². The third-order valence-electron chi connectivity index (χ3n) is 3.77. The molecular formula is C13H24N2O2. The first kappa shape index (κ1) is 12.8. The molecule has 0 radical (unpaired) electrons. The fraction of sp³-hybridized carbons (Fsp3) is 0.923. The number of ether oxygens (including phenoxy) is 1. The Balaban J connectivity index is 1.86. The number of piperazine rings is 1. The quantitative estimate of drug-likeness (QED) is 0.692. The summed E-state index contributed by atoms with van der Waals surface area (Å²) in [7, 11) is 0. The second-order valence-corrected chi connectivity index (χ2v) is 5.61. The van der Waals surface area contributed by atoms with E-state index in [1.165, 1.54) is 19.4 Å². The fourth-order valence-corrected chi connectivity index (χ4v) is 2.93. The third-order valence-corrected chi connectivity index (χ3v) is 3.77. The number of fused-ring (bicyclic) bond motifs is 1. The molecule has 2 saturated heterocycles. The van der Waals surface area contributed by atoms with Crippen LogP contribution in [0, 0.1) is 0 Å². The molecule has 4 heteroatoms. The van der Waals surface area contributed by atoms with Crippen molar-refractivity contribution >= 4 is 5.97 Å². The summed E-state index contributed by atoms with van der Waals surface area (Å²) in [5.41, 5.74) is 0. The Hall–Kier alpha value is -0.610. The minimum absolute atomic E-state index is 0.00873. The molecule has 2 rings (SSSR count). The Bertz CT molecular complexity index is 281. The van der Waals surface area contributed by atoms with Crippen molar-refractivity contribution in [3.8, 4) is 0 Å². The molecule has 0 amide bonds. The first-order valence-electron chi connectivity index (χ1n) is 6.74. The molecule has 0 saturated carbocycles. The van der Waals surface area contributed by atoms with Crippen molar-refractivity contribution in [1.82, 2.24) is 9.80 Å². The van der Waals surface area contributed by atoms with Crippen LogP contribution in [0.25, 0.3) is 0 Å². The maximum absolute atomic E-state index is 11.7. The number of rotatable bonds is 3. The van der Waals surface area contributed by atoms with Gasteiger partial charge in [-0.2, -0.15) is 0 Å². The van der Waals surface area contributed by atoms with Crippen molar-refractivity contribution in [2.24, 2.45) is 0 Å². The molecule has 17 heavy (non-hydrogen) atoms. The first-order chi connectivity index (χ1) is 8.06. The topological polar surface area (TPSA) is 32.8 Å². The number of esters is 1. The summed E-state index contributed by atoms with van der Waals surface area (Å²) in [5.74, 6) is -0.0849. The SMILES string of the molecule is CC(C)OC(=O)CN1CC2CCCN2CC1C. The molecule has 2 fully saturated rings. The molecule has 4 nitrogen and oxygen atoms in total. The lowest BCUT2D eigenvalue weighted by molar-refractivity contribution is -0.150. The fourth-order valence-electron chi connectivity index (χ4n) is 2.93. The van der Waals surface area contributed by atoms with Crippen molar-refractivity contribution < 1.29 is 9.53 Å². The lowest BCUT2D eigenvalue weighted by Gasteiger charge is -2.41. The van der Waals surface area contributed by atoms with Crippen LogP contribution in [0.1, 0.15) is 33.6 Å². The zero-order valence-electron chi connectivity index (χ0n) is 11.2. The van der Waals surface area contributed by atoms with E-state index in [4.69, 9.17) is 4.74 Å². The Labute approximate surface area is 104 Å². The standard InChI is InChI=1S/C13H24N2O2/c1-10(2)17-13(16)9-15-8-12-5-4-6-14(12)7-11(15)3/h10-12H,4-9H2,1-3H3. The van der Waals surface area contributed by atoms with E-state index >= 15 is 0 Å². The van der Waals surface area contributed by atoms with Gasteiger partial charge in [-0.3, -0.25) is 14.6 Å². The zero-order valence-corrected chi connectivity index (χ0v) is 11.2. The predicted molar refractivity (Wildman–Crippen MR) is 66.9 cm³/mol. The highest BCUT2D eigenvalue weighted by molar-refractivity contribution is 5.71. The normalized spacial score (nSPS) is 30.6. The summed E-state index contributed by atoms with van der Waals surface area (Å²) in [4.78, 5) is 16.5. The van der Waals surface area contributed by atoms with Crippen LogP contribution in [0.4, 0.5) is 0 Å². The summed E-state index contributed by atoms with van der Waals surface area (Å²) >= 11 is 0. The number of carbonyl (C=O) groups excluding carboxylic acids is 1. The minimum atomic E-state index is -0.0849. The van der Waals surface area contributed by atoms with Crippen molar-refractivity contribution in [1.29, 1.82) is 0 Å². The summed E-state index contributed by atoms with van der Waals surface area (Å²) in [6.45, 7) is 9.81. The lowest BCUT2D eigenvalue weighted by Crippen LogP contribution is -2.56. The smallest absolute Gasteiger partial charge is 0.320 e. The van der Waals surface area contributed by atoms with Gasteiger partial charge in [0, 0.05) is 25.2 Å². The molecule has 0 spiro atoms. The van der Waals surface area contributed by atoms with Gasteiger partial charge < -0.3 is 4.74 Å². The zero-order chi connectivity index (χ0) is 12.4. The van der Waals surface area contributed by atoms with Gasteiger partial charge in [-0.05, 0) is 40.2 Å². The van der Waals surface area contributed by atoms with E-state index in [9.17, 15) is 4.79 Å². The van der Waals surface area contributed by atoms with Crippen LogP contribution < -0.4 is 0 Å². The molecule has 0 bridgehead atoms. The highest BCUT2D eigenvalue weighted by Gasteiger charge is 2.35. The molecule has 2 aliphatic rings. The lowest BCUT2D eigenvalue weighted by atomic mass is 10.1. The number of carbonyl (C=O) groups is 1. The Morgan fingerprint density at radius 3 is 2.88 bits per heavy atom. The van der Waals surface area contributed by atoms with Crippen molar-refractivity contribution in [2.75, 3.05) is 26.2 Å². The predicted octanol–water partition coefficient (Wildman–Crippen LogP) is 1.11. The highest BCUT2D eigenvalue weighted by atomic mass is 16.5. The van der Waals surface area contributed by atoms with Crippen LogP contribution >= 0.6 is 0 Å². The van der Waals surface area contributed by atoms with Gasteiger partial charge in [0.25, 0.3) is 0 Å². The van der Waals surface area contributed by atoms with E-state index in [0.29, 0.717) is 18.6 Å². The Morgan fingerprint density at radius 2 is 2.18 bits per heavy atom. The molecule has 98 valence electrons. The molecule has 0 aromatic heterocycles. The average Bonchev–Trinajstić information content (AvgIpc) is 2.63. The molecule has 0 aromatic rings. The first-order valence-corrected chi connectivity index (χ1v) is 6.74. The summed E-state index contributed by atoms with van der Waals surface area (Å²) in [5, 5.41) is 0. The number of nitrogens with zero attached hydrogens (tertiary/aromatic N) is 2. The monoisotopic (exact) mass is 240 g/mol. The van der Waals surface area contributed by atoms with Crippen molar-refractivity contribution in [3.63, 3.8) is 0 Å². The van der Waals surface area contributed by atoms with Gasteiger partial charge in [-0.1, -0.05) is 0 Å². The largest absolute Gasteiger partial charge is 0.462 e. The number of hydrogen-bond donors (Lipinski definition) is 0. The van der Waals surface area contributed by atoms with E-state index in [-0.39, 0.29) is 12.1 Å². The maximum atomic E-state index is 11.7. The van der Waals surface area contributed by atoms with Gasteiger partial charge >= 0.3 is 5.97 Å². The Morgan fingerprint density at radius 1 is 1.41 bits per heavy atom. The highest BCUT2D eigenvalue weighted by Crippen LogP contribution is 2.24. The third kappa shape index (κ3) is 3.19. The molecule has 2 heterocycles. The van der Waals surface area contributed by atoms with Gasteiger partial charge in [0.2, 0.25) is 0 Å². The van der Waals surface area contributed by atoms with E-state index in [1.807, 2.05) is 13.8 Å². The van der Waals surface area contributed by atoms with Gasteiger partial charge in [0.1, 0.15) is 0 Å². The molecule has 0 aromatic carbocycles. The Kier molecular flexibility index (Phi) is 4.05. The summed E-state index contributed by atoms with van der Waals surface area (Å²) in [6.07, 6.45) is 2.58. The van der Waals surface area contributed by atoms with E-state index in [0.717, 1.165) is 13.1 Å². The van der Waals surface area contributed by atoms with E-state index < -0.39 is 0 Å². The molecule has 0 aliphatic carbocycles. The second-order valence-electron chi connectivity index (χ2n) is 5.61. The second kappa shape index (κ2) is 5.36. The van der Waals surface area contributed by atoms with Gasteiger partial charge in [0.15, 0.2) is 0 Å². The number of hydrogen-bond acceptors (Lipinski definition) is 4. The van der Waals surface area contributed by atoms with Crippen LogP contribution in [0.15, 0.2) is 0 Å². The van der Waals surface area contributed by atoms with E-state index in [2.05, 4.69) is 16.7 Å². The molecule has 2 unspecified atom stereocenters. The van der Waals surface area contributed by atoms with Gasteiger partial charge in [0.05, 0.1) is 12.6 Å². The molecule has 0 N–H and O–H groups in total. The van der Waals surface area contributed by atoms with Gasteiger partial charge in [-0.15, -0.1) is 0 Å². The van der Waals surface area contributed by atoms with Gasteiger partial charge in [-0.25, -0.2) is 0 Å². The molecule has 2 atom stereocenters. The van der Waals surface area contributed by atoms with Crippen LogP contribution in [-0.2, 0) is 9.53 Å². The maximum Gasteiger partial charge on any atom is 0.320 e. The molecular weight excluding hydrogens is 216 g/mol. The average molecular weight is 240 g/mol. The van der Waals surface area contributed by atoms with Crippen molar-refractivity contribution in [2.45, 2.75) is 51.8 Å². The van der Waals surface area contributed by atoms with Crippen molar-refractivity contribution in [3.05, 3.63) is 0 Å². The summed E-state index contributed by atoms with van der Waals surface area (Å²) in [6, 6.07) is 1.13. The van der Waals surface area contributed by atoms with Crippen LogP contribution in [0.2, 0.25) is 0 Å². The van der Waals surface area contributed by atoms with Crippen LogP contribution in [-0.4, -0.2) is 60.1 Å².